The average molecular weight is 376 g/mol. The molecule has 106 valence electrons. The van der Waals surface area contributed by atoms with E-state index in [0.717, 1.165) is 16.6 Å². The van der Waals surface area contributed by atoms with E-state index >= 15 is 0 Å². The topological polar surface area (TPSA) is 34.2 Å². The maximum Gasteiger partial charge on any atom is 0.223 e. The lowest BCUT2D eigenvalue weighted by Gasteiger charge is -2.11. The number of ether oxygens (including phenoxy) is 1. The number of benzene rings is 1. The van der Waals surface area contributed by atoms with Gasteiger partial charge in [0.2, 0.25) is 5.88 Å². The van der Waals surface area contributed by atoms with Crippen LogP contribution in [0.1, 0.15) is 12.5 Å². The van der Waals surface area contributed by atoms with E-state index in [1.165, 1.54) is 0 Å². The Balaban J connectivity index is 2.25. The van der Waals surface area contributed by atoms with Gasteiger partial charge in [-0.25, -0.2) is 4.98 Å². The molecule has 0 aliphatic rings. The SMILES string of the molecule is CCNCc1cc(Br)cnc1Oc1ccc(Cl)c(Cl)c1. The second kappa shape index (κ2) is 7.27. The molecular weight excluding hydrogens is 363 g/mol. The van der Waals surface area contributed by atoms with Crippen LogP contribution in [0.3, 0.4) is 0 Å². The predicted molar refractivity (Wildman–Crippen MR) is 85.9 cm³/mol. The molecule has 0 radical (unpaired) electrons. The number of halogens is 3. The maximum atomic E-state index is 5.98. The van der Waals surface area contributed by atoms with Gasteiger partial charge in [0.15, 0.2) is 0 Å². The second-order valence-corrected chi connectivity index (χ2v) is 5.81. The van der Waals surface area contributed by atoms with Gasteiger partial charge in [-0.15, -0.1) is 0 Å². The maximum absolute atomic E-state index is 5.98. The molecule has 0 aliphatic carbocycles. The van der Waals surface area contributed by atoms with Crippen molar-refractivity contribution in [3.63, 3.8) is 0 Å². The molecule has 1 aromatic heterocycles. The van der Waals surface area contributed by atoms with Crippen LogP contribution in [0, 0.1) is 0 Å². The van der Waals surface area contributed by atoms with Gasteiger partial charge in [0.05, 0.1) is 10.0 Å². The summed E-state index contributed by atoms with van der Waals surface area (Å²) in [6.07, 6.45) is 1.70. The van der Waals surface area contributed by atoms with E-state index in [1.807, 2.05) is 13.0 Å². The molecule has 1 aromatic carbocycles. The third kappa shape index (κ3) is 4.09. The van der Waals surface area contributed by atoms with Crippen molar-refractivity contribution in [3.8, 4) is 11.6 Å². The van der Waals surface area contributed by atoms with Crippen LogP contribution in [0.25, 0.3) is 0 Å². The lowest BCUT2D eigenvalue weighted by atomic mass is 10.2. The predicted octanol–water partition coefficient (Wildman–Crippen LogP) is 5.05. The lowest BCUT2D eigenvalue weighted by Crippen LogP contribution is -2.12. The van der Waals surface area contributed by atoms with Crippen molar-refractivity contribution in [2.24, 2.45) is 0 Å². The lowest BCUT2D eigenvalue weighted by molar-refractivity contribution is 0.453. The third-order valence-electron chi connectivity index (χ3n) is 2.56. The molecule has 2 rings (SSSR count). The van der Waals surface area contributed by atoms with E-state index in [4.69, 9.17) is 27.9 Å². The van der Waals surface area contributed by atoms with Gasteiger partial charge in [0.1, 0.15) is 5.75 Å². The number of hydrogen-bond acceptors (Lipinski definition) is 3. The molecule has 3 nitrogen and oxygen atoms in total. The van der Waals surface area contributed by atoms with Gasteiger partial charge < -0.3 is 10.1 Å². The zero-order chi connectivity index (χ0) is 14.5. The van der Waals surface area contributed by atoms with Gasteiger partial charge >= 0.3 is 0 Å². The van der Waals surface area contributed by atoms with Crippen LogP contribution < -0.4 is 10.1 Å². The number of nitrogens with one attached hydrogen (secondary N) is 1. The first kappa shape index (κ1) is 15.6. The number of aromatic nitrogens is 1. The van der Waals surface area contributed by atoms with Crippen molar-refractivity contribution < 1.29 is 4.74 Å². The Labute approximate surface area is 136 Å². The van der Waals surface area contributed by atoms with Crippen molar-refractivity contribution in [2.75, 3.05) is 6.54 Å². The molecule has 0 bridgehead atoms. The quantitative estimate of drug-likeness (QED) is 0.793. The fourth-order valence-corrected chi connectivity index (χ4v) is 2.27. The monoisotopic (exact) mass is 374 g/mol. The molecule has 0 amide bonds. The average Bonchev–Trinajstić information content (AvgIpc) is 2.43. The molecule has 0 unspecified atom stereocenters. The van der Waals surface area contributed by atoms with Gasteiger partial charge in [-0.1, -0.05) is 30.1 Å². The molecule has 1 N–H and O–H groups in total. The highest BCUT2D eigenvalue weighted by Crippen LogP contribution is 2.30. The molecular formula is C14H13BrCl2N2O. The first-order valence-electron chi connectivity index (χ1n) is 6.08. The van der Waals surface area contributed by atoms with Gasteiger partial charge in [-0.05, 0) is 40.7 Å². The molecule has 0 fully saturated rings. The van der Waals surface area contributed by atoms with E-state index < -0.39 is 0 Å². The minimum atomic E-state index is 0.453. The summed E-state index contributed by atoms with van der Waals surface area (Å²) in [5, 5.41) is 4.20. The van der Waals surface area contributed by atoms with Crippen molar-refractivity contribution in [2.45, 2.75) is 13.5 Å². The van der Waals surface area contributed by atoms with Crippen molar-refractivity contribution in [3.05, 3.63) is 50.5 Å². The Morgan fingerprint density at radius 2 is 2.05 bits per heavy atom. The van der Waals surface area contributed by atoms with Gasteiger partial charge in [0.25, 0.3) is 0 Å². The first-order chi connectivity index (χ1) is 9.60. The largest absolute Gasteiger partial charge is 0.439 e. The van der Waals surface area contributed by atoms with Crippen LogP contribution in [0.4, 0.5) is 0 Å². The smallest absolute Gasteiger partial charge is 0.223 e. The van der Waals surface area contributed by atoms with Crippen molar-refractivity contribution >= 4 is 39.1 Å². The van der Waals surface area contributed by atoms with E-state index in [0.29, 0.717) is 28.2 Å². The van der Waals surface area contributed by atoms with Gasteiger partial charge in [-0.2, -0.15) is 0 Å². The minimum absolute atomic E-state index is 0.453. The van der Waals surface area contributed by atoms with Crippen molar-refractivity contribution in [1.29, 1.82) is 0 Å². The van der Waals surface area contributed by atoms with Gasteiger partial charge in [0, 0.05) is 28.8 Å². The van der Waals surface area contributed by atoms with Crippen LogP contribution in [0.2, 0.25) is 10.0 Å². The molecule has 0 atom stereocenters. The standard InChI is InChI=1S/C14H13BrCl2N2O/c1-2-18-7-9-5-10(15)8-19-14(9)20-11-3-4-12(16)13(17)6-11/h3-6,8,18H,2,7H2,1H3. The molecule has 0 aliphatic heterocycles. The molecule has 0 saturated heterocycles. The van der Waals surface area contributed by atoms with Gasteiger partial charge in [-0.3, -0.25) is 0 Å². The summed E-state index contributed by atoms with van der Waals surface area (Å²) in [5.74, 6) is 1.15. The zero-order valence-electron chi connectivity index (χ0n) is 10.8. The van der Waals surface area contributed by atoms with Crippen LogP contribution in [0.5, 0.6) is 11.6 Å². The summed E-state index contributed by atoms with van der Waals surface area (Å²) in [7, 11) is 0. The van der Waals surface area contributed by atoms with Crippen LogP contribution in [-0.4, -0.2) is 11.5 Å². The third-order valence-corrected chi connectivity index (χ3v) is 3.74. The Kier molecular flexibility index (Phi) is 5.66. The molecule has 0 spiro atoms. The van der Waals surface area contributed by atoms with Crippen LogP contribution in [-0.2, 0) is 6.54 Å². The molecule has 20 heavy (non-hydrogen) atoms. The van der Waals surface area contributed by atoms with Crippen molar-refractivity contribution in [1.82, 2.24) is 10.3 Å². The molecule has 1 heterocycles. The number of pyridine rings is 1. The Bertz CT molecular complexity index is 608. The normalized spacial score (nSPS) is 10.6. The number of nitrogens with zero attached hydrogens (tertiary/aromatic N) is 1. The summed E-state index contributed by atoms with van der Waals surface area (Å²) < 4.78 is 6.69. The fourth-order valence-electron chi connectivity index (χ4n) is 1.60. The number of hydrogen-bond donors (Lipinski definition) is 1. The second-order valence-electron chi connectivity index (χ2n) is 4.08. The first-order valence-corrected chi connectivity index (χ1v) is 7.63. The summed E-state index contributed by atoms with van der Waals surface area (Å²) in [6, 6.07) is 7.10. The highest BCUT2D eigenvalue weighted by molar-refractivity contribution is 9.10. The summed E-state index contributed by atoms with van der Waals surface area (Å²) in [5.41, 5.74) is 0.965. The Hall–Kier alpha value is -0.810. The van der Waals surface area contributed by atoms with E-state index in [9.17, 15) is 0 Å². The molecule has 6 heteroatoms. The Morgan fingerprint density at radius 3 is 2.75 bits per heavy atom. The fraction of sp³-hybridized carbons (Fsp3) is 0.214. The minimum Gasteiger partial charge on any atom is -0.439 e. The highest BCUT2D eigenvalue weighted by Gasteiger charge is 2.08. The number of rotatable bonds is 5. The summed E-state index contributed by atoms with van der Waals surface area (Å²) in [6.45, 7) is 3.60. The Morgan fingerprint density at radius 1 is 1.25 bits per heavy atom. The molecule has 2 aromatic rings. The summed E-state index contributed by atoms with van der Waals surface area (Å²) in [4.78, 5) is 4.29. The van der Waals surface area contributed by atoms with E-state index in [-0.39, 0.29) is 0 Å². The zero-order valence-corrected chi connectivity index (χ0v) is 13.9. The summed E-state index contributed by atoms with van der Waals surface area (Å²) >= 11 is 15.3. The molecule has 0 saturated carbocycles. The van der Waals surface area contributed by atoms with Crippen LogP contribution >= 0.6 is 39.1 Å². The van der Waals surface area contributed by atoms with E-state index in [1.54, 1.807) is 24.4 Å². The van der Waals surface area contributed by atoms with E-state index in [2.05, 4.69) is 26.2 Å². The highest BCUT2D eigenvalue weighted by atomic mass is 79.9. The van der Waals surface area contributed by atoms with Crippen LogP contribution in [0.15, 0.2) is 34.9 Å².